The van der Waals surface area contributed by atoms with E-state index in [4.69, 9.17) is 0 Å². The summed E-state index contributed by atoms with van der Waals surface area (Å²) in [5.74, 6) is -1.72. The lowest BCUT2D eigenvalue weighted by atomic mass is 10.0. The molecule has 136 valence electrons. The lowest BCUT2D eigenvalue weighted by Gasteiger charge is -2.11. The van der Waals surface area contributed by atoms with Crippen LogP contribution in [0.3, 0.4) is 0 Å². The van der Waals surface area contributed by atoms with Crippen LogP contribution in [0, 0.1) is 10.7 Å². The third kappa shape index (κ3) is 3.30. The second-order valence-electron chi connectivity index (χ2n) is 6.61. The maximum absolute atomic E-state index is 14.7. The predicted molar refractivity (Wildman–Crippen MR) is 101 cm³/mol. The summed E-state index contributed by atoms with van der Waals surface area (Å²) in [6, 6.07) is 2.72. The van der Waals surface area contributed by atoms with Gasteiger partial charge >= 0.3 is 5.91 Å². The molecule has 6 nitrogen and oxygen atoms in total. The molecule has 2 aromatic rings. The number of rotatable bonds is 3. The number of amides is 1. The van der Waals surface area contributed by atoms with Gasteiger partial charge in [-0.05, 0) is 44.5 Å². The maximum atomic E-state index is 14.7. The number of carbonyl (C=O) groups excluding carboxylic acids is 1. The zero-order chi connectivity index (χ0) is 19.0. The van der Waals surface area contributed by atoms with Crippen LogP contribution in [0.5, 0.6) is 0 Å². The number of halogens is 1. The number of benzene rings is 1. The average molecular weight is 365 g/mol. The SMILES string of the molecule is O=NC(=O)c1cn(C2=C=C2)c2cc(/C=C3/CCCNCC3)c(F)cc2c1=O. The molecule has 1 fully saturated rings. The molecule has 0 bridgehead atoms. The number of nitroso groups, excluding NO2 is 1. The fourth-order valence-electron chi connectivity index (χ4n) is 3.35. The molecule has 1 aliphatic heterocycles. The fraction of sp³-hybridized carbons (Fsp3) is 0.250. The Balaban J connectivity index is 1.91. The van der Waals surface area contributed by atoms with E-state index >= 15 is 0 Å². The van der Waals surface area contributed by atoms with Crippen molar-refractivity contribution in [3.8, 4) is 0 Å². The lowest BCUT2D eigenvalue weighted by Crippen LogP contribution is -2.17. The van der Waals surface area contributed by atoms with Crippen molar-refractivity contribution < 1.29 is 9.18 Å². The van der Waals surface area contributed by atoms with Gasteiger partial charge < -0.3 is 9.88 Å². The zero-order valence-corrected chi connectivity index (χ0v) is 14.4. The van der Waals surface area contributed by atoms with E-state index in [9.17, 15) is 18.9 Å². The quantitative estimate of drug-likeness (QED) is 0.669. The van der Waals surface area contributed by atoms with Crippen LogP contribution >= 0.6 is 0 Å². The summed E-state index contributed by atoms with van der Waals surface area (Å²) in [6.07, 6.45) is 7.50. The van der Waals surface area contributed by atoms with Crippen molar-refractivity contribution in [2.45, 2.75) is 19.3 Å². The van der Waals surface area contributed by atoms with Crippen molar-refractivity contribution in [1.82, 2.24) is 9.88 Å². The Morgan fingerprint density at radius 3 is 2.85 bits per heavy atom. The van der Waals surface area contributed by atoms with Gasteiger partial charge in [0.05, 0.1) is 11.2 Å². The molecule has 1 N–H and O–H groups in total. The third-order valence-electron chi connectivity index (χ3n) is 4.80. The van der Waals surface area contributed by atoms with Gasteiger partial charge in [-0.2, -0.15) is 0 Å². The normalized spacial score (nSPS) is 17.7. The molecule has 0 saturated carbocycles. The molecule has 2 aliphatic rings. The molecular formula is C20H16FN3O3. The van der Waals surface area contributed by atoms with E-state index < -0.39 is 17.2 Å². The van der Waals surface area contributed by atoms with Gasteiger partial charge in [-0.25, -0.2) is 4.39 Å². The second kappa shape index (κ2) is 6.87. The minimum atomic E-state index is -1.17. The van der Waals surface area contributed by atoms with Crippen LogP contribution in [0.25, 0.3) is 22.7 Å². The Hall–Kier alpha value is -3.15. The maximum Gasteiger partial charge on any atom is 0.322 e. The highest BCUT2D eigenvalue weighted by molar-refractivity contribution is 5.99. The number of nitrogens with zero attached hydrogens (tertiary/aromatic N) is 2. The topological polar surface area (TPSA) is 80.5 Å². The summed E-state index contributed by atoms with van der Waals surface area (Å²) in [7, 11) is 0. The summed E-state index contributed by atoms with van der Waals surface area (Å²) in [4.78, 5) is 34.8. The van der Waals surface area contributed by atoms with Gasteiger partial charge in [0, 0.05) is 28.4 Å². The number of hydrogen-bond acceptors (Lipinski definition) is 4. The minimum absolute atomic E-state index is 0.0290. The zero-order valence-electron chi connectivity index (χ0n) is 14.4. The summed E-state index contributed by atoms with van der Waals surface area (Å²) in [5.41, 5.74) is 4.43. The van der Waals surface area contributed by atoms with Gasteiger partial charge in [-0.3, -0.25) is 9.59 Å². The van der Waals surface area contributed by atoms with E-state index in [0.29, 0.717) is 16.8 Å². The number of carbonyl (C=O) groups is 1. The van der Waals surface area contributed by atoms with Gasteiger partial charge in [-0.15, -0.1) is 4.91 Å². The van der Waals surface area contributed by atoms with Crippen molar-refractivity contribution in [3.05, 3.63) is 67.8 Å². The molecule has 1 aromatic heterocycles. The number of aromatic nitrogens is 1. The van der Waals surface area contributed by atoms with Crippen LogP contribution in [0.4, 0.5) is 4.39 Å². The summed E-state index contributed by atoms with van der Waals surface area (Å²) < 4.78 is 16.3. The number of hydrogen-bond donors (Lipinski definition) is 1. The van der Waals surface area contributed by atoms with Gasteiger partial charge in [0.25, 0.3) is 0 Å². The van der Waals surface area contributed by atoms with Crippen LogP contribution in [0.1, 0.15) is 35.2 Å². The molecule has 1 amide bonds. The Bertz CT molecular complexity index is 1130. The lowest BCUT2D eigenvalue weighted by molar-refractivity contribution is 0.0999. The number of pyridine rings is 1. The average Bonchev–Trinajstić information content (AvgIpc) is 3.50. The van der Waals surface area contributed by atoms with E-state index in [2.05, 4.69) is 16.2 Å². The second-order valence-corrected chi connectivity index (χ2v) is 6.61. The number of allylic oxidation sites excluding steroid dienone is 1. The van der Waals surface area contributed by atoms with Crippen LogP contribution in [-0.2, 0) is 0 Å². The first kappa shape index (κ1) is 17.3. The third-order valence-corrected chi connectivity index (χ3v) is 4.80. The predicted octanol–water partition coefficient (Wildman–Crippen LogP) is 3.21. The van der Waals surface area contributed by atoms with Crippen molar-refractivity contribution in [2.75, 3.05) is 13.1 Å². The van der Waals surface area contributed by atoms with E-state index in [1.54, 1.807) is 16.7 Å². The van der Waals surface area contributed by atoms with Crippen LogP contribution in [0.15, 0.2) is 45.7 Å². The largest absolute Gasteiger partial charge is 0.322 e. The molecule has 0 spiro atoms. The Morgan fingerprint density at radius 2 is 2.11 bits per heavy atom. The van der Waals surface area contributed by atoms with Gasteiger partial charge in [-0.1, -0.05) is 17.4 Å². The molecule has 0 radical (unpaired) electrons. The van der Waals surface area contributed by atoms with Gasteiger partial charge in [0.2, 0.25) is 5.43 Å². The first-order valence-corrected chi connectivity index (χ1v) is 8.72. The molecule has 0 atom stereocenters. The summed E-state index contributed by atoms with van der Waals surface area (Å²) in [6.45, 7) is 1.80. The van der Waals surface area contributed by atoms with E-state index in [0.717, 1.165) is 44.0 Å². The number of fused-ring (bicyclic) bond motifs is 1. The van der Waals surface area contributed by atoms with Crippen molar-refractivity contribution in [3.63, 3.8) is 0 Å². The van der Waals surface area contributed by atoms with Crippen LogP contribution in [-0.4, -0.2) is 23.6 Å². The van der Waals surface area contributed by atoms with E-state index in [-0.39, 0.29) is 10.9 Å². The molecule has 27 heavy (non-hydrogen) atoms. The molecular weight excluding hydrogens is 349 g/mol. The molecule has 1 aromatic carbocycles. The smallest absolute Gasteiger partial charge is 0.316 e. The standard InChI is InChI=1S/C20H16FN3O3/c21-17-10-15-18(9-13(17)8-12-2-1-6-22-7-5-12)24(14-3-4-14)11-16(19(15)25)20(26)23-27/h3,8-11,22H,1-2,5-7H2/b12-8-. The summed E-state index contributed by atoms with van der Waals surface area (Å²) in [5, 5.41) is 5.66. The van der Waals surface area contributed by atoms with Crippen molar-refractivity contribution in [2.24, 2.45) is 5.18 Å². The highest BCUT2D eigenvalue weighted by Gasteiger charge is 2.20. The molecule has 0 unspecified atom stereocenters. The van der Waals surface area contributed by atoms with Gasteiger partial charge in [0.1, 0.15) is 11.4 Å². The van der Waals surface area contributed by atoms with Crippen molar-refractivity contribution >= 4 is 28.6 Å². The highest BCUT2D eigenvalue weighted by Crippen LogP contribution is 2.26. The first-order chi connectivity index (χ1) is 13.1. The monoisotopic (exact) mass is 365 g/mol. The van der Waals surface area contributed by atoms with E-state index in [1.807, 2.05) is 6.08 Å². The molecule has 7 heteroatoms. The highest BCUT2D eigenvalue weighted by atomic mass is 19.1. The van der Waals surface area contributed by atoms with Gasteiger partial charge in [0.15, 0.2) is 0 Å². The molecule has 1 saturated heterocycles. The van der Waals surface area contributed by atoms with Crippen LogP contribution in [0.2, 0.25) is 0 Å². The Kier molecular flexibility index (Phi) is 4.39. The van der Waals surface area contributed by atoms with Crippen molar-refractivity contribution in [1.29, 1.82) is 0 Å². The Morgan fingerprint density at radius 1 is 1.30 bits per heavy atom. The van der Waals surface area contributed by atoms with E-state index in [1.165, 1.54) is 6.20 Å². The Labute approximate surface area is 153 Å². The van der Waals surface area contributed by atoms with Crippen LogP contribution < -0.4 is 10.7 Å². The number of nitrogens with one attached hydrogen (secondary N) is 1. The first-order valence-electron chi connectivity index (χ1n) is 8.72. The summed E-state index contributed by atoms with van der Waals surface area (Å²) >= 11 is 0. The fourth-order valence-corrected chi connectivity index (χ4v) is 3.35. The minimum Gasteiger partial charge on any atom is -0.316 e. The molecule has 4 rings (SSSR count). The molecule has 2 heterocycles. The molecule has 1 aliphatic carbocycles.